The zero-order valence-corrected chi connectivity index (χ0v) is 10.9. The molecule has 1 saturated carbocycles. The Morgan fingerprint density at radius 1 is 1.35 bits per heavy atom. The Morgan fingerprint density at radius 3 is 2.94 bits per heavy atom. The van der Waals surface area contributed by atoms with E-state index in [0.29, 0.717) is 0 Å². The Hall–Kier alpha value is -0.820. The molecule has 0 saturated heterocycles. The number of nitrogens with zero attached hydrogens (tertiary/aromatic N) is 3. The Kier molecular flexibility index (Phi) is 8.66. The van der Waals surface area contributed by atoms with E-state index in [1.54, 1.807) is 0 Å². The zero-order valence-electron chi connectivity index (χ0n) is 10.0. The SMILES string of the molecule is NN=NN=CONCCCSC1CCCCC1. The second-order valence-corrected chi connectivity index (χ2v) is 5.33. The highest BCUT2D eigenvalue weighted by atomic mass is 32.2. The average Bonchev–Trinajstić information content (AvgIpc) is 2.38. The summed E-state index contributed by atoms with van der Waals surface area (Å²) in [5.41, 5.74) is 2.78. The van der Waals surface area contributed by atoms with Gasteiger partial charge in [0, 0.05) is 11.8 Å². The molecule has 0 amide bonds. The Balaban J connectivity index is 1.83. The normalized spacial score (nSPS) is 18.1. The van der Waals surface area contributed by atoms with Crippen molar-refractivity contribution in [3.63, 3.8) is 0 Å². The molecule has 6 nitrogen and oxygen atoms in total. The van der Waals surface area contributed by atoms with Gasteiger partial charge in [0.25, 0.3) is 0 Å². The minimum Gasteiger partial charge on any atom is -0.395 e. The molecule has 0 spiro atoms. The van der Waals surface area contributed by atoms with Crippen molar-refractivity contribution in [3.05, 3.63) is 0 Å². The first-order chi connectivity index (χ1) is 8.43. The van der Waals surface area contributed by atoms with Crippen LogP contribution in [0.4, 0.5) is 0 Å². The maximum absolute atomic E-state index is 4.87. The molecule has 0 radical (unpaired) electrons. The molecule has 0 aliphatic heterocycles. The minimum absolute atomic E-state index is 0.811. The molecule has 0 atom stereocenters. The van der Waals surface area contributed by atoms with Gasteiger partial charge in [-0.3, -0.25) is 0 Å². The van der Waals surface area contributed by atoms with Crippen LogP contribution in [-0.4, -0.2) is 23.9 Å². The standard InChI is InChI=1S/C10H21N5OS/c11-14-15-12-9-16-13-7-4-8-17-10-5-2-1-3-6-10/h9-10,13H,1-8H2,(H2,11,15). The summed E-state index contributed by atoms with van der Waals surface area (Å²) in [5, 5.41) is 10.4. The number of thioether (sulfide) groups is 1. The maximum Gasteiger partial charge on any atom is 0.223 e. The zero-order chi connectivity index (χ0) is 12.2. The van der Waals surface area contributed by atoms with E-state index < -0.39 is 0 Å². The molecule has 98 valence electrons. The van der Waals surface area contributed by atoms with E-state index >= 15 is 0 Å². The molecule has 3 N–H and O–H groups in total. The Morgan fingerprint density at radius 2 is 2.18 bits per heavy atom. The summed E-state index contributed by atoms with van der Waals surface area (Å²) in [4.78, 5) is 4.87. The maximum atomic E-state index is 4.87. The first kappa shape index (κ1) is 14.2. The highest BCUT2D eigenvalue weighted by molar-refractivity contribution is 7.99. The summed E-state index contributed by atoms with van der Waals surface area (Å²) < 4.78 is 0. The molecule has 0 aromatic heterocycles. The van der Waals surface area contributed by atoms with Gasteiger partial charge in [-0.25, -0.2) is 0 Å². The monoisotopic (exact) mass is 259 g/mol. The summed E-state index contributed by atoms with van der Waals surface area (Å²) in [7, 11) is 0. The first-order valence-corrected chi connectivity index (χ1v) is 7.10. The molecule has 1 aliphatic carbocycles. The molecule has 0 unspecified atom stereocenters. The molecule has 0 bridgehead atoms. The van der Waals surface area contributed by atoms with Crippen molar-refractivity contribution in [3.8, 4) is 0 Å². The number of hydrogen-bond donors (Lipinski definition) is 2. The van der Waals surface area contributed by atoms with Gasteiger partial charge < -0.3 is 10.7 Å². The van der Waals surface area contributed by atoms with Gasteiger partial charge in [0.2, 0.25) is 6.40 Å². The van der Waals surface area contributed by atoms with Crippen LogP contribution in [0.2, 0.25) is 0 Å². The third kappa shape index (κ3) is 7.98. The van der Waals surface area contributed by atoms with Gasteiger partial charge in [0.05, 0.1) is 0 Å². The van der Waals surface area contributed by atoms with E-state index in [1.807, 2.05) is 0 Å². The average molecular weight is 259 g/mol. The second-order valence-electron chi connectivity index (χ2n) is 3.92. The van der Waals surface area contributed by atoms with E-state index in [2.05, 4.69) is 32.8 Å². The van der Waals surface area contributed by atoms with Crippen LogP contribution >= 0.6 is 11.8 Å². The van der Waals surface area contributed by atoms with E-state index in [1.165, 1.54) is 44.3 Å². The number of nitrogens with two attached hydrogens (primary N) is 1. The number of rotatable bonds is 8. The van der Waals surface area contributed by atoms with Crippen LogP contribution in [0.3, 0.4) is 0 Å². The summed E-state index contributed by atoms with van der Waals surface area (Å²) in [6.45, 7) is 0.811. The minimum atomic E-state index is 0.811. The lowest BCUT2D eigenvalue weighted by Crippen LogP contribution is -2.16. The van der Waals surface area contributed by atoms with Gasteiger partial charge in [-0.1, -0.05) is 29.6 Å². The van der Waals surface area contributed by atoms with Gasteiger partial charge in [0.15, 0.2) is 0 Å². The first-order valence-electron chi connectivity index (χ1n) is 6.05. The van der Waals surface area contributed by atoms with E-state index in [9.17, 15) is 0 Å². The fourth-order valence-corrected chi connectivity index (χ4v) is 3.11. The second kappa shape index (κ2) is 10.3. The van der Waals surface area contributed by atoms with Crippen molar-refractivity contribution >= 4 is 18.2 Å². The summed E-state index contributed by atoms with van der Waals surface area (Å²) in [6.07, 6.45) is 9.29. The molecule has 17 heavy (non-hydrogen) atoms. The molecule has 0 aromatic carbocycles. The van der Waals surface area contributed by atoms with E-state index in [4.69, 9.17) is 10.7 Å². The van der Waals surface area contributed by atoms with Gasteiger partial charge in [-0.15, -0.1) is 0 Å². The summed E-state index contributed by atoms with van der Waals surface area (Å²) in [5.74, 6) is 5.93. The van der Waals surface area contributed by atoms with Crippen molar-refractivity contribution in [1.82, 2.24) is 5.48 Å². The van der Waals surface area contributed by atoms with Gasteiger partial charge in [-0.05, 0) is 30.2 Å². The number of hydrogen-bond acceptors (Lipinski definition) is 5. The van der Waals surface area contributed by atoms with E-state index in [0.717, 1.165) is 18.2 Å². The van der Waals surface area contributed by atoms with Gasteiger partial charge in [-0.2, -0.15) is 17.2 Å². The molecular weight excluding hydrogens is 238 g/mol. The summed E-state index contributed by atoms with van der Waals surface area (Å²) in [6, 6.07) is 0. The molecule has 0 aromatic rings. The van der Waals surface area contributed by atoms with Crippen LogP contribution < -0.4 is 11.3 Å². The quantitative estimate of drug-likeness (QED) is 0.175. The van der Waals surface area contributed by atoms with Crippen LogP contribution in [0.25, 0.3) is 0 Å². The lowest BCUT2D eigenvalue weighted by Gasteiger charge is -2.20. The molecule has 1 fully saturated rings. The topological polar surface area (TPSA) is 84.4 Å². The highest BCUT2D eigenvalue weighted by Gasteiger charge is 2.12. The molecule has 0 heterocycles. The van der Waals surface area contributed by atoms with Crippen LogP contribution in [0.15, 0.2) is 15.5 Å². The summed E-state index contributed by atoms with van der Waals surface area (Å²) >= 11 is 2.09. The molecule has 1 aliphatic rings. The van der Waals surface area contributed by atoms with Crippen LogP contribution in [0.5, 0.6) is 0 Å². The third-order valence-corrected chi connectivity index (χ3v) is 4.08. The van der Waals surface area contributed by atoms with Crippen molar-refractivity contribution in [2.75, 3.05) is 12.3 Å². The lowest BCUT2D eigenvalue weighted by molar-refractivity contribution is 0.193. The van der Waals surface area contributed by atoms with Crippen LogP contribution in [-0.2, 0) is 4.84 Å². The Labute approximate surface area is 106 Å². The number of hydroxylamine groups is 1. The predicted molar refractivity (Wildman–Crippen MR) is 70.6 cm³/mol. The van der Waals surface area contributed by atoms with Gasteiger partial charge >= 0.3 is 0 Å². The van der Waals surface area contributed by atoms with Crippen LogP contribution in [0.1, 0.15) is 38.5 Å². The molecule has 7 heteroatoms. The highest BCUT2D eigenvalue weighted by Crippen LogP contribution is 2.28. The van der Waals surface area contributed by atoms with E-state index in [-0.39, 0.29) is 0 Å². The van der Waals surface area contributed by atoms with Crippen molar-refractivity contribution in [1.29, 1.82) is 0 Å². The smallest absolute Gasteiger partial charge is 0.223 e. The predicted octanol–water partition coefficient (Wildman–Crippen LogP) is 2.23. The Bertz CT molecular complexity index is 231. The third-order valence-electron chi connectivity index (χ3n) is 2.62. The molecular formula is C10H21N5OS. The fourth-order valence-electron chi connectivity index (χ4n) is 1.80. The number of nitrogens with one attached hydrogen (secondary N) is 1. The van der Waals surface area contributed by atoms with Crippen LogP contribution in [0, 0.1) is 0 Å². The molecule has 1 rings (SSSR count). The van der Waals surface area contributed by atoms with Crippen molar-refractivity contribution in [2.45, 2.75) is 43.8 Å². The lowest BCUT2D eigenvalue weighted by atomic mass is 10.0. The largest absolute Gasteiger partial charge is 0.395 e. The van der Waals surface area contributed by atoms with Crippen molar-refractivity contribution in [2.24, 2.45) is 21.4 Å². The van der Waals surface area contributed by atoms with Gasteiger partial charge in [0.1, 0.15) is 0 Å². The fraction of sp³-hybridized carbons (Fsp3) is 0.900. The van der Waals surface area contributed by atoms with Crippen molar-refractivity contribution < 1.29 is 4.84 Å².